The molecule has 1 atom stereocenters. The quantitative estimate of drug-likeness (QED) is 0.585. The van der Waals surface area contributed by atoms with Crippen molar-refractivity contribution in [1.29, 1.82) is 0 Å². The van der Waals surface area contributed by atoms with Crippen LogP contribution in [0.3, 0.4) is 0 Å². The molecule has 28 heavy (non-hydrogen) atoms. The fourth-order valence-electron chi connectivity index (χ4n) is 3.06. The first-order chi connectivity index (χ1) is 13.4. The van der Waals surface area contributed by atoms with E-state index in [0.29, 0.717) is 17.0 Å². The van der Waals surface area contributed by atoms with E-state index >= 15 is 0 Å². The van der Waals surface area contributed by atoms with E-state index in [-0.39, 0.29) is 17.8 Å². The normalized spacial score (nSPS) is 11.9. The van der Waals surface area contributed by atoms with Crippen LogP contribution in [0.2, 0.25) is 0 Å². The van der Waals surface area contributed by atoms with Crippen molar-refractivity contribution in [3.8, 4) is 5.75 Å². The van der Waals surface area contributed by atoms with Crippen LogP contribution in [0, 0.1) is 12.7 Å². The molecule has 1 aromatic heterocycles. The van der Waals surface area contributed by atoms with Crippen LogP contribution in [0.15, 0.2) is 48.5 Å². The SMILES string of the molecule is COc1ccccc1C(C)N(C)C(=O)c1sc(Cc2ccc(F)cc2)nc1C. The number of methoxy groups -OCH3 is 1. The standard InChI is InChI=1S/C22H23FN2O2S/c1-14-21(28-20(24-14)13-16-9-11-17(23)12-10-16)22(26)25(3)15(2)18-7-5-6-8-19(18)27-4/h5-12,15H,13H2,1-4H3. The third-order valence-corrected chi connectivity index (χ3v) is 5.94. The topological polar surface area (TPSA) is 42.4 Å². The molecule has 3 rings (SSSR count). The Morgan fingerprint density at radius 3 is 2.57 bits per heavy atom. The average Bonchev–Trinajstić information content (AvgIpc) is 3.08. The van der Waals surface area contributed by atoms with Crippen molar-refractivity contribution in [3.63, 3.8) is 0 Å². The Balaban J connectivity index is 1.80. The van der Waals surface area contributed by atoms with Crippen LogP contribution in [-0.2, 0) is 6.42 Å². The van der Waals surface area contributed by atoms with E-state index in [1.807, 2.05) is 38.1 Å². The number of hydrogen-bond acceptors (Lipinski definition) is 4. The molecule has 0 bridgehead atoms. The highest BCUT2D eigenvalue weighted by molar-refractivity contribution is 7.13. The second kappa shape index (κ2) is 8.52. The second-order valence-corrected chi connectivity index (χ2v) is 7.74. The summed E-state index contributed by atoms with van der Waals surface area (Å²) in [6, 6.07) is 13.9. The van der Waals surface area contributed by atoms with Gasteiger partial charge >= 0.3 is 0 Å². The summed E-state index contributed by atoms with van der Waals surface area (Å²) in [5, 5.41) is 0.839. The van der Waals surface area contributed by atoms with Gasteiger partial charge in [0.15, 0.2) is 0 Å². The molecule has 0 spiro atoms. The summed E-state index contributed by atoms with van der Waals surface area (Å²) in [7, 11) is 3.42. The van der Waals surface area contributed by atoms with Crippen molar-refractivity contribution >= 4 is 17.2 Å². The highest BCUT2D eigenvalue weighted by atomic mass is 32.1. The third kappa shape index (κ3) is 4.22. The number of para-hydroxylation sites is 1. The first-order valence-corrected chi connectivity index (χ1v) is 9.83. The van der Waals surface area contributed by atoms with Crippen LogP contribution < -0.4 is 4.74 Å². The Morgan fingerprint density at radius 1 is 1.21 bits per heavy atom. The van der Waals surface area contributed by atoms with Gasteiger partial charge in [0.2, 0.25) is 0 Å². The zero-order chi connectivity index (χ0) is 20.3. The lowest BCUT2D eigenvalue weighted by molar-refractivity contribution is 0.0745. The number of rotatable bonds is 6. The van der Waals surface area contributed by atoms with E-state index in [2.05, 4.69) is 4.98 Å². The Morgan fingerprint density at radius 2 is 1.89 bits per heavy atom. The zero-order valence-electron chi connectivity index (χ0n) is 16.4. The van der Waals surface area contributed by atoms with E-state index < -0.39 is 0 Å². The summed E-state index contributed by atoms with van der Waals surface area (Å²) in [5.41, 5.74) is 2.63. The van der Waals surface area contributed by atoms with Gasteiger partial charge < -0.3 is 9.64 Å². The van der Waals surface area contributed by atoms with Crippen molar-refractivity contribution in [2.45, 2.75) is 26.3 Å². The van der Waals surface area contributed by atoms with Crippen LogP contribution in [0.4, 0.5) is 4.39 Å². The van der Waals surface area contributed by atoms with Gasteiger partial charge in [-0.3, -0.25) is 4.79 Å². The Kier molecular flexibility index (Phi) is 6.09. The summed E-state index contributed by atoms with van der Waals surface area (Å²) < 4.78 is 18.5. The summed E-state index contributed by atoms with van der Waals surface area (Å²) in [6.45, 7) is 3.82. The lowest BCUT2D eigenvalue weighted by Gasteiger charge is -2.26. The largest absolute Gasteiger partial charge is 0.496 e. The fourth-order valence-corrected chi connectivity index (χ4v) is 4.14. The minimum Gasteiger partial charge on any atom is -0.496 e. The molecule has 0 aliphatic rings. The van der Waals surface area contributed by atoms with Crippen LogP contribution >= 0.6 is 11.3 Å². The lowest BCUT2D eigenvalue weighted by atomic mass is 10.1. The molecule has 1 heterocycles. The number of thiazole rings is 1. The molecule has 0 N–H and O–H groups in total. The van der Waals surface area contributed by atoms with Crippen molar-refractivity contribution in [3.05, 3.63) is 81.1 Å². The van der Waals surface area contributed by atoms with E-state index in [1.165, 1.54) is 23.5 Å². The maximum Gasteiger partial charge on any atom is 0.266 e. The number of carbonyl (C=O) groups is 1. The molecule has 0 saturated carbocycles. The number of benzene rings is 2. The molecule has 0 fully saturated rings. The van der Waals surface area contributed by atoms with E-state index in [0.717, 1.165) is 21.9 Å². The highest BCUT2D eigenvalue weighted by Gasteiger charge is 2.25. The predicted molar refractivity (Wildman–Crippen MR) is 110 cm³/mol. The fraction of sp³-hybridized carbons (Fsp3) is 0.273. The maximum atomic E-state index is 13.1. The number of nitrogens with zero attached hydrogens (tertiary/aromatic N) is 2. The average molecular weight is 399 g/mol. The second-order valence-electron chi connectivity index (χ2n) is 6.66. The molecule has 1 unspecified atom stereocenters. The number of halogens is 1. The van der Waals surface area contributed by atoms with Crippen molar-refractivity contribution in [2.24, 2.45) is 0 Å². The number of amides is 1. The molecule has 0 radical (unpaired) electrons. The number of aryl methyl sites for hydroxylation is 1. The van der Waals surface area contributed by atoms with Gasteiger partial charge in [0, 0.05) is 19.0 Å². The van der Waals surface area contributed by atoms with Crippen LogP contribution in [0.5, 0.6) is 5.75 Å². The van der Waals surface area contributed by atoms with E-state index in [4.69, 9.17) is 4.74 Å². The molecular formula is C22H23FN2O2S. The molecule has 0 saturated heterocycles. The Hall–Kier alpha value is -2.73. The van der Waals surface area contributed by atoms with Gasteiger partial charge in [-0.1, -0.05) is 30.3 Å². The summed E-state index contributed by atoms with van der Waals surface area (Å²) in [6.07, 6.45) is 0.574. The Bertz CT molecular complexity index is 969. The minimum absolute atomic E-state index is 0.0706. The third-order valence-electron chi connectivity index (χ3n) is 4.79. The maximum absolute atomic E-state index is 13.1. The lowest BCUT2D eigenvalue weighted by Crippen LogP contribution is -2.29. The molecule has 6 heteroatoms. The highest BCUT2D eigenvalue weighted by Crippen LogP contribution is 2.30. The van der Waals surface area contributed by atoms with Gasteiger partial charge in [-0.2, -0.15) is 0 Å². The van der Waals surface area contributed by atoms with Gasteiger partial charge in [-0.25, -0.2) is 9.37 Å². The van der Waals surface area contributed by atoms with Gasteiger partial charge in [0.1, 0.15) is 16.4 Å². The minimum atomic E-state index is -0.262. The van der Waals surface area contributed by atoms with Crippen molar-refractivity contribution in [1.82, 2.24) is 9.88 Å². The summed E-state index contributed by atoms with van der Waals surface area (Å²) in [5.74, 6) is 0.424. The summed E-state index contributed by atoms with van der Waals surface area (Å²) >= 11 is 1.39. The summed E-state index contributed by atoms with van der Waals surface area (Å²) in [4.78, 5) is 20.0. The first kappa shape index (κ1) is 20.0. The van der Waals surface area contributed by atoms with Gasteiger partial charge in [0.05, 0.1) is 23.9 Å². The molecule has 1 amide bonds. The van der Waals surface area contributed by atoms with E-state index in [1.54, 1.807) is 31.2 Å². The van der Waals surface area contributed by atoms with Crippen molar-refractivity contribution < 1.29 is 13.9 Å². The van der Waals surface area contributed by atoms with Crippen molar-refractivity contribution in [2.75, 3.05) is 14.2 Å². The molecule has 146 valence electrons. The van der Waals surface area contributed by atoms with Gasteiger partial charge in [0.25, 0.3) is 5.91 Å². The first-order valence-electron chi connectivity index (χ1n) is 9.01. The van der Waals surface area contributed by atoms with Crippen LogP contribution in [0.1, 0.15) is 44.5 Å². The Labute approximate surface area is 168 Å². The zero-order valence-corrected chi connectivity index (χ0v) is 17.2. The molecule has 0 aliphatic heterocycles. The monoisotopic (exact) mass is 398 g/mol. The molecule has 2 aromatic carbocycles. The molecule has 4 nitrogen and oxygen atoms in total. The molecule has 3 aromatic rings. The number of ether oxygens (including phenoxy) is 1. The van der Waals surface area contributed by atoms with Crippen LogP contribution in [-0.4, -0.2) is 29.9 Å². The molecular weight excluding hydrogens is 375 g/mol. The number of hydrogen-bond donors (Lipinski definition) is 0. The number of aromatic nitrogens is 1. The smallest absolute Gasteiger partial charge is 0.266 e. The predicted octanol–water partition coefficient (Wildman–Crippen LogP) is 5.02. The van der Waals surface area contributed by atoms with Gasteiger partial charge in [-0.15, -0.1) is 11.3 Å². The number of carbonyl (C=O) groups excluding carboxylic acids is 1. The van der Waals surface area contributed by atoms with Gasteiger partial charge in [-0.05, 0) is 37.6 Å². The van der Waals surface area contributed by atoms with Crippen LogP contribution in [0.25, 0.3) is 0 Å². The molecule has 0 aliphatic carbocycles. The van der Waals surface area contributed by atoms with E-state index in [9.17, 15) is 9.18 Å².